The zero-order valence-electron chi connectivity index (χ0n) is 41.3. The number of amides is 1. The predicted octanol–water partition coefficient (Wildman–Crippen LogP) is 12.4. The first-order valence-corrected chi connectivity index (χ1v) is 28.2. The third kappa shape index (κ3) is 14.3. The Morgan fingerprint density at radius 2 is 1.44 bits per heavy atom. The van der Waals surface area contributed by atoms with Crippen LogP contribution >= 0.6 is 23.4 Å². The minimum absolute atomic E-state index is 0.0142. The second-order valence-corrected chi connectivity index (χ2v) is 25.5. The molecule has 5 aromatic carbocycles. The van der Waals surface area contributed by atoms with Gasteiger partial charge in [-0.05, 0) is 132 Å². The van der Waals surface area contributed by atoms with Gasteiger partial charge in [0.15, 0.2) is 0 Å². The quantitative estimate of drug-likeness (QED) is 0.0686. The molecule has 384 valence electrons. The molecule has 0 aliphatic carbocycles. The van der Waals surface area contributed by atoms with Gasteiger partial charge in [-0.3, -0.25) is 4.79 Å². The van der Waals surface area contributed by atoms with E-state index in [-0.39, 0.29) is 22.3 Å². The Morgan fingerprint density at radius 1 is 0.831 bits per heavy atom. The van der Waals surface area contributed by atoms with E-state index in [1.54, 1.807) is 12.1 Å². The Morgan fingerprint density at radius 3 is 2.03 bits per heavy atom. The van der Waals surface area contributed by atoms with E-state index in [1.165, 1.54) is 23.9 Å². The number of aliphatic hydroxyl groups is 1. The van der Waals surface area contributed by atoms with Crippen LogP contribution < -0.4 is 14.9 Å². The Hall–Kier alpha value is -4.58. The van der Waals surface area contributed by atoms with Gasteiger partial charge in [0.2, 0.25) is 0 Å². The van der Waals surface area contributed by atoms with Crippen LogP contribution in [0.15, 0.2) is 136 Å². The average Bonchev–Trinajstić information content (AvgIpc) is 3.32. The van der Waals surface area contributed by atoms with Gasteiger partial charge in [-0.1, -0.05) is 115 Å². The fourth-order valence-corrected chi connectivity index (χ4v) is 12.7. The lowest BCUT2D eigenvalue weighted by molar-refractivity contribution is -0.0436. The molecule has 1 fully saturated rings. The number of nitrogens with zero attached hydrogens (tertiary/aromatic N) is 2. The molecular formula is C54H66ClF3N4O6S3. The summed E-state index contributed by atoms with van der Waals surface area (Å²) in [7, 11) is -11.0. The highest BCUT2D eigenvalue weighted by atomic mass is 35.5. The van der Waals surface area contributed by atoms with Crippen LogP contribution in [0.25, 0.3) is 11.1 Å². The summed E-state index contributed by atoms with van der Waals surface area (Å²) in [6.45, 7) is 18.5. The lowest BCUT2D eigenvalue weighted by Crippen LogP contribution is -2.43. The molecule has 17 heteroatoms. The maximum atomic E-state index is 14.4. The van der Waals surface area contributed by atoms with E-state index in [0.29, 0.717) is 68.2 Å². The highest BCUT2D eigenvalue weighted by Crippen LogP contribution is 2.42. The topological polar surface area (TPSA) is 136 Å². The smallest absolute Gasteiger partial charge is 0.388 e. The van der Waals surface area contributed by atoms with E-state index < -0.39 is 58.9 Å². The molecule has 71 heavy (non-hydrogen) atoms. The molecule has 1 heterocycles. The molecule has 1 saturated heterocycles. The number of sulfone groups is 1. The highest BCUT2D eigenvalue weighted by molar-refractivity contribution is 7.99. The van der Waals surface area contributed by atoms with E-state index in [4.69, 9.17) is 11.6 Å². The number of sulfonamides is 1. The number of anilines is 2. The van der Waals surface area contributed by atoms with Crippen molar-refractivity contribution in [3.05, 3.63) is 137 Å². The van der Waals surface area contributed by atoms with Crippen LogP contribution in [0.5, 0.6) is 0 Å². The van der Waals surface area contributed by atoms with Crippen molar-refractivity contribution in [2.45, 2.75) is 100 Å². The van der Waals surface area contributed by atoms with E-state index in [1.807, 2.05) is 83.6 Å². The second-order valence-electron chi connectivity index (χ2n) is 20.4. The largest absolute Gasteiger partial charge is 0.501 e. The molecule has 1 aliphatic rings. The molecule has 6 rings (SSSR count). The van der Waals surface area contributed by atoms with Crippen molar-refractivity contribution < 1.29 is 39.9 Å². The Kier molecular flexibility index (Phi) is 18.1. The molecule has 2 atom stereocenters. The number of piperidine rings is 1. The molecule has 0 aromatic heterocycles. The van der Waals surface area contributed by atoms with Gasteiger partial charge in [-0.15, -0.1) is 11.8 Å². The summed E-state index contributed by atoms with van der Waals surface area (Å²) >= 11 is 7.57. The van der Waals surface area contributed by atoms with Crippen molar-refractivity contribution in [1.29, 1.82) is 0 Å². The fraction of sp³-hybridized carbons (Fsp3) is 0.426. The number of nitrogens with one attached hydrogen (secondary N) is 2. The van der Waals surface area contributed by atoms with Crippen molar-refractivity contribution in [3.8, 4) is 11.1 Å². The van der Waals surface area contributed by atoms with Crippen molar-refractivity contribution in [2.75, 3.05) is 48.7 Å². The van der Waals surface area contributed by atoms with Crippen molar-refractivity contribution in [2.24, 2.45) is 22.7 Å². The normalized spacial score (nSPS) is 15.2. The van der Waals surface area contributed by atoms with Crippen LogP contribution in [0, 0.1) is 22.7 Å². The average molecular weight is 1060 g/mol. The summed E-state index contributed by atoms with van der Waals surface area (Å²) in [6.07, 6.45) is 1.08. The number of hydrogen-bond acceptors (Lipinski definition) is 10. The summed E-state index contributed by atoms with van der Waals surface area (Å²) in [6, 6.07) is 32.8. The predicted molar refractivity (Wildman–Crippen MR) is 281 cm³/mol. The van der Waals surface area contributed by atoms with E-state index in [9.17, 15) is 39.9 Å². The van der Waals surface area contributed by atoms with Crippen molar-refractivity contribution in [1.82, 2.24) is 9.62 Å². The zero-order chi connectivity index (χ0) is 51.9. The van der Waals surface area contributed by atoms with Gasteiger partial charge in [0, 0.05) is 59.1 Å². The minimum atomic E-state index is -6.10. The molecule has 3 N–H and O–H groups in total. The molecule has 0 bridgehead atoms. The fourth-order valence-electron chi connectivity index (χ4n) is 9.53. The number of hydrogen-bond donors (Lipinski definition) is 3. The minimum Gasteiger partial charge on any atom is -0.388 e. The monoisotopic (exact) mass is 1050 g/mol. The molecule has 1 amide bonds. The Balaban J connectivity index is 1.16. The molecule has 0 saturated carbocycles. The standard InChI is InChI=1S/C54H66ClF3N4O6S3/c1-8-61(35-49(52(2,3)4)53(5,6)7)31-30-41(36-69-43-14-10-9-11-15-43)59-47-27-26-44(34-48(47)70(65,66)54(56,57)58)71(67,68)60-51(64)39-20-24-42(25-21-39)62-32-28-38(29-33-62)50(63)46-17-13-12-16-45(46)37-18-22-40(55)23-19-37/h9-27,34,38,41,49-50,59,63H,8,28-33,35-36H2,1-7H3,(H,60,64)/t41-,50-/m1/s1. The number of aliphatic hydroxyl groups excluding tert-OH is 1. The lowest BCUT2D eigenvalue weighted by atomic mass is 9.66. The van der Waals surface area contributed by atoms with Crippen LogP contribution in [-0.2, 0) is 19.9 Å². The first-order valence-electron chi connectivity index (χ1n) is 23.9. The number of rotatable bonds is 19. The van der Waals surface area contributed by atoms with E-state index in [2.05, 4.69) is 63.6 Å². The molecule has 0 unspecified atom stereocenters. The number of carbonyl (C=O) groups excluding carboxylic acids is 1. The van der Waals surface area contributed by atoms with E-state index >= 15 is 0 Å². The van der Waals surface area contributed by atoms with Gasteiger partial charge in [-0.2, -0.15) is 13.2 Å². The number of thioether (sulfide) groups is 1. The third-order valence-corrected chi connectivity index (χ3v) is 17.6. The van der Waals surface area contributed by atoms with Gasteiger partial charge < -0.3 is 20.2 Å². The first-order chi connectivity index (χ1) is 33.3. The van der Waals surface area contributed by atoms with Crippen LogP contribution in [0.2, 0.25) is 5.02 Å². The molecule has 10 nitrogen and oxygen atoms in total. The molecular weight excluding hydrogens is 989 g/mol. The zero-order valence-corrected chi connectivity index (χ0v) is 44.5. The van der Waals surface area contributed by atoms with Gasteiger partial charge in [0.05, 0.1) is 16.7 Å². The molecule has 0 spiro atoms. The Labute approximate surface area is 427 Å². The number of halogens is 4. The van der Waals surface area contributed by atoms with Gasteiger partial charge >= 0.3 is 5.51 Å². The third-order valence-electron chi connectivity index (χ3n) is 13.3. The SMILES string of the molecule is CCN(CC[C@H](CSc1ccccc1)Nc1ccc(S(=O)(=O)NC(=O)c2ccc(N3CCC([C@@H](O)c4ccccc4-c4ccc(Cl)cc4)CC3)cc2)cc1S(=O)(=O)C(F)(F)F)CC(C(C)(C)C)C(C)(C)C. The highest BCUT2D eigenvalue weighted by Gasteiger charge is 2.48. The summed E-state index contributed by atoms with van der Waals surface area (Å²) < 4.78 is 99.0. The maximum absolute atomic E-state index is 14.4. The summed E-state index contributed by atoms with van der Waals surface area (Å²) in [5, 5.41) is 15.2. The first kappa shape index (κ1) is 55.7. The van der Waals surface area contributed by atoms with Gasteiger partial charge in [0.1, 0.15) is 4.90 Å². The van der Waals surface area contributed by atoms with Crippen LogP contribution in [0.4, 0.5) is 24.5 Å². The Bertz CT molecular complexity index is 2780. The van der Waals surface area contributed by atoms with Crippen molar-refractivity contribution >= 4 is 60.5 Å². The van der Waals surface area contributed by atoms with Gasteiger partial charge in [0.25, 0.3) is 25.8 Å². The van der Waals surface area contributed by atoms with Gasteiger partial charge in [-0.25, -0.2) is 21.6 Å². The van der Waals surface area contributed by atoms with Crippen LogP contribution in [0.1, 0.15) is 89.8 Å². The van der Waals surface area contributed by atoms with Crippen LogP contribution in [-0.4, -0.2) is 82.8 Å². The maximum Gasteiger partial charge on any atom is 0.501 e. The second kappa shape index (κ2) is 23.1. The molecule has 5 aromatic rings. The number of carbonyl (C=O) groups is 1. The van der Waals surface area contributed by atoms with Crippen LogP contribution in [0.3, 0.4) is 0 Å². The molecule has 0 radical (unpaired) electrons. The molecule has 1 aliphatic heterocycles. The summed E-state index contributed by atoms with van der Waals surface area (Å²) in [5.74, 6) is -0.427. The van der Waals surface area contributed by atoms with Crippen molar-refractivity contribution in [3.63, 3.8) is 0 Å². The number of alkyl halides is 3. The number of benzene rings is 5. The lowest BCUT2D eigenvalue weighted by Gasteiger charge is -2.43. The summed E-state index contributed by atoms with van der Waals surface area (Å²) in [4.78, 5) is 16.6. The van der Waals surface area contributed by atoms with E-state index in [0.717, 1.165) is 46.0 Å². The summed E-state index contributed by atoms with van der Waals surface area (Å²) in [5.41, 5.74) is -2.76.